The van der Waals surface area contributed by atoms with E-state index in [1.54, 1.807) is 6.20 Å². The Balaban J connectivity index is 1.55. The van der Waals surface area contributed by atoms with Crippen LogP contribution < -0.4 is 16.0 Å². The predicted octanol–water partition coefficient (Wildman–Crippen LogP) is 2.25. The number of hydrogen-bond acceptors (Lipinski definition) is 4. The first kappa shape index (κ1) is 20.8. The molecule has 1 saturated heterocycles. The normalized spacial score (nSPS) is 16.4. The lowest BCUT2D eigenvalue weighted by Crippen LogP contribution is -2.37. The summed E-state index contributed by atoms with van der Waals surface area (Å²) in [7, 11) is 0. The molecular weight excluding hydrogens is 366 g/mol. The van der Waals surface area contributed by atoms with Gasteiger partial charge in [-0.05, 0) is 49.6 Å². The number of amides is 1. The highest BCUT2D eigenvalue weighted by Gasteiger charge is 2.16. The highest BCUT2D eigenvalue weighted by molar-refractivity contribution is 5.94. The van der Waals surface area contributed by atoms with Crippen molar-refractivity contribution in [3.05, 3.63) is 65.5 Å². The molecule has 7 heteroatoms. The lowest BCUT2D eigenvalue weighted by atomic mass is 10.1. The molecule has 2 heterocycles. The van der Waals surface area contributed by atoms with Crippen LogP contribution in [0.1, 0.15) is 41.4 Å². The molecule has 7 nitrogen and oxygen atoms in total. The Morgan fingerprint density at radius 3 is 2.90 bits per heavy atom. The van der Waals surface area contributed by atoms with E-state index in [0.717, 1.165) is 37.3 Å². The molecule has 0 bridgehead atoms. The molecule has 0 spiro atoms. The largest absolute Gasteiger partial charge is 0.376 e. The average Bonchev–Trinajstić information content (AvgIpc) is 3.28. The number of ether oxygens (including phenoxy) is 1. The molecule has 2 aromatic rings. The second kappa shape index (κ2) is 11.2. The molecule has 29 heavy (non-hydrogen) atoms. The fraction of sp³-hybridized carbons (Fsp3) is 0.409. The Morgan fingerprint density at radius 2 is 2.14 bits per heavy atom. The van der Waals surface area contributed by atoms with Crippen molar-refractivity contribution in [1.29, 1.82) is 0 Å². The van der Waals surface area contributed by atoms with Crippen molar-refractivity contribution >= 4 is 11.9 Å². The lowest BCUT2D eigenvalue weighted by Gasteiger charge is -2.12. The Morgan fingerprint density at radius 1 is 1.21 bits per heavy atom. The summed E-state index contributed by atoms with van der Waals surface area (Å²) in [6.07, 6.45) is 3.99. The lowest BCUT2D eigenvalue weighted by molar-refractivity contribution is 0.0857. The number of nitrogens with one attached hydrogen (secondary N) is 3. The molecule has 1 atom stereocenters. The van der Waals surface area contributed by atoms with Gasteiger partial charge in [0.2, 0.25) is 0 Å². The summed E-state index contributed by atoms with van der Waals surface area (Å²) in [6, 6.07) is 13.4. The van der Waals surface area contributed by atoms with Crippen molar-refractivity contribution in [3.63, 3.8) is 0 Å². The van der Waals surface area contributed by atoms with Gasteiger partial charge in [0.1, 0.15) is 0 Å². The third-order valence-corrected chi connectivity index (χ3v) is 4.63. The first-order chi connectivity index (χ1) is 14.2. The van der Waals surface area contributed by atoms with Crippen LogP contribution in [0.5, 0.6) is 0 Å². The Bertz CT molecular complexity index is 804. The van der Waals surface area contributed by atoms with E-state index in [0.29, 0.717) is 31.2 Å². The van der Waals surface area contributed by atoms with Crippen LogP contribution in [-0.4, -0.2) is 42.7 Å². The van der Waals surface area contributed by atoms with Gasteiger partial charge in [0.25, 0.3) is 5.91 Å². The van der Waals surface area contributed by atoms with Gasteiger partial charge in [-0.3, -0.25) is 9.78 Å². The summed E-state index contributed by atoms with van der Waals surface area (Å²) < 4.78 is 5.55. The molecule has 3 rings (SSSR count). The predicted molar refractivity (Wildman–Crippen MR) is 114 cm³/mol. The number of hydrogen-bond donors (Lipinski definition) is 3. The summed E-state index contributed by atoms with van der Waals surface area (Å²) in [5.41, 5.74) is 2.56. The van der Waals surface area contributed by atoms with Crippen LogP contribution in [0, 0.1) is 0 Å². The highest BCUT2D eigenvalue weighted by Crippen LogP contribution is 2.11. The summed E-state index contributed by atoms with van der Waals surface area (Å²) in [5, 5.41) is 9.47. The molecule has 0 aliphatic carbocycles. The first-order valence-electron chi connectivity index (χ1n) is 10.2. The number of pyridine rings is 1. The molecule has 1 aromatic heterocycles. The second-order valence-corrected chi connectivity index (χ2v) is 6.92. The maximum Gasteiger partial charge on any atom is 0.251 e. The van der Waals surface area contributed by atoms with E-state index >= 15 is 0 Å². The van der Waals surface area contributed by atoms with Crippen LogP contribution in [0.15, 0.2) is 53.7 Å². The smallest absolute Gasteiger partial charge is 0.251 e. The molecule has 0 saturated carbocycles. The van der Waals surface area contributed by atoms with Crippen LogP contribution in [0.25, 0.3) is 0 Å². The first-order valence-corrected chi connectivity index (χ1v) is 10.2. The molecule has 1 unspecified atom stereocenters. The van der Waals surface area contributed by atoms with Crippen LogP contribution in [-0.2, 0) is 17.8 Å². The summed E-state index contributed by atoms with van der Waals surface area (Å²) in [5.74, 6) is 0.637. The molecular formula is C22H29N5O2. The molecule has 1 amide bonds. The van der Waals surface area contributed by atoms with E-state index in [4.69, 9.17) is 4.74 Å². The Hall–Kier alpha value is -2.93. The van der Waals surface area contributed by atoms with Gasteiger partial charge in [0.05, 0.1) is 24.9 Å². The molecule has 3 N–H and O–H groups in total. The zero-order valence-electron chi connectivity index (χ0n) is 16.9. The van der Waals surface area contributed by atoms with Crippen LogP contribution in [0.4, 0.5) is 0 Å². The van der Waals surface area contributed by atoms with E-state index in [-0.39, 0.29) is 12.0 Å². The minimum Gasteiger partial charge on any atom is -0.376 e. The number of rotatable bonds is 8. The topological polar surface area (TPSA) is 87.6 Å². The Labute approximate surface area is 172 Å². The third kappa shape index (κ3) is 6.87. The molecule has 0 radical (unpaired) electrons. The number of carbonyl (C=O) groups is 1. The number of carbonyl (C=O) groups excluding carboxylic acids is 1. The van der Waals surface area contributed by atoms with Crippen LogP contribution >= 0.6 is 0 Å². The van der Waals surface area contributed by atoms with E-state index in [2.05, 4.69) is 25.9 Å². The quantitative estimate of drug-likeness (QED) is 0.471. The molecule has 1 aliphatic heterocycles. The van der Waals surface area contributed by atoms with Crippen molar-refractivity contribution < 1.29 is 9.53 Å². The van der Waals surface area contributed by atoms with E-state index < -0.39 is 0 Å². The van der Waals surface area contributed by atoms with Crippen molar-refractivity contribution in [2.24, 2.45) is 4.99 Å². The summed E-state index contributed by atoms with van der Waals surface area (Å²) in [4.78, 5) is 21.4. The SMILES string of the molecule is CCNC(=NCc1cccc(C(=O)NCC2CCCO2)c1)NCc1ccccn1. The van der Waals surface area contributed by atoms with Gasteiger partial charge in [-0.25, -0.2) is 4.99 Å². The maximum absolute atomic E-state index is 12.4. The number of aliphatic imine (C=N–C) groups is 1. The summed E-state index contributed by atoms with van der Waals surface area (Å²) >= 11 is 0. The van der Waals surface area contributed by atoms with Crippen molar-refractivity contribution in [2.45, 2.75) is 39.0 Å². The van der Waals surface area contributed by atoms with Gasteiger partial charge in [-0.1, -0.05) is 18.2 Å². The second-order valence-electron chi connectivity index (χ2n) is 6.92. The molecule has 1 aromatic carbocycles. The zero-order chi connectivity index (χ0) is 20.3. The minimum absolute atomic E-state index is 0.0773. The highest BCUT2D eigenvalue weighted by atomic mass is 16.5. The van der Waals surface area contributed by atoms with Crippen molar-refractivity contribution in [3.8, 4) is 0 Å². The van der Waals surface area contributed by atoms with Gasteiger partial charge in [-0.2, -0.15) is 0 Å². The van der Waals surface area contributed by atoms with Crippen molar-refractivity contribution in [1.82, 2.24) is 20.9 Å². The summed E-state index contributed by atoms with van der Waals surface area (Å²) in [6.45, 7) is 5.21. The zero-order valence-corrected chi connectivity index (χ0v) is 16.9. The average molecular weight is 396 g/mol. The third-order valence-electron chi connectivity index (χ3n) is 4.63. The minimum atomic E-state index is -0.0773. The fourth-order valence-corrected chi connectivity index (χ4v) is 3.11. The number of nitrogens with zero attached hydrogens (tertiary/aromatic N) is 2. The van der Waals surface area contributed by atoms with E-state index in [9.17, 15) is 4.79 Å². The number of aromatic nitrogens is 1. The van der Waals surface area contributed by atoms with Gasteiger partial charge in [0.15, 0.2) is 5.96 Å². The molecule has 1 aliphatic rings. The number of benzene rings is 1. The number of guanidine groups is 1. The van der Waals surface area contributed by atoms with Gasteiger partial charge in [-0.15, -0.1) is 0 Å². The van der Waals surface area contributed by atoms with E-state index in [1.807, 2.05) is 49.4 Å². The van der Waals surface area contributed by atoms with Gasteiger partial charge < -0.3 is 20.7 Å². The standard InChI is InChI=1S/C22H29N5O2/c1-2-23-22(27-15-19-9-3-4-11-24-19)26-14-17-7-5-8-18(13-17)21(28)25-16-20-10-6-12-29-20/h3-5,7-9,11,13,20H,2,6,10,12,14-16H2,1H3,(H,25,28)(H2,23,26,27). The monoisotopic (exact) mass is 395 g/mol. The van der Waals surface area contributed by atoms with E-state index in [1.165, 1.54) is 0 Å². The van der Waals surface area contributed by atoms with Crippen LogP contribution in [0.3, 0.4) is 0 Å². The van der Waals surface area contributed by atoms with Gasteiger partial charge in [0, 0.05) is 31.5 Å². The van der Waals surface area contributed by atoms with Gasteiger partial charge >= 0.3 is 0 Å². The molecule has 154 valence electrons. The molecule has 1 fully saturated rings. The Kier molecular flexibility index (Phi) is 8.01. The maximum atomic E-state index is 12.4. The fourth-order valence-electron chi connectivity index (χ4n) is 3.11. The van der Waals surface area contributed by atoms with Crippen molar-refractivity contribution in [2.75, 3.05) is 19.7 Å². The van der Waals surface area contributed by atoms with Crippen LogP contribution in [0.2, 0.25) is 0 Å².